The average molecular weight is 422 g/mol. The van der Waals surface area contributed by atoms with Gasteiger partial charge in [-0.3, -0.25) is 9.69 Å². The van der Waals surface area contributed by atoms with Crippen molar-refractivity contribution in [3.8, 4) is 0 Å². The Morgan fingerprint density at radius 2 is 2.04 bits per heavy atom. The largest absolute Gasteiger partial charge is 0.341 e. The molecule has 2 aromatic carbocycles. The Bertz CT molecular complexity index is 738. The van der Waals surface area contributed by atoms with Crippen molar-refractivity contribution in [1.29, 1.82) is 0 Å². The minimum atomic E-state index is 0.0101. The summed E-state index contributed by atoms with van der Waals surface area (Å²) in [6.45, 7) is 3.86. The Morgan fingerprint density at radius 1 is 1.28 bits per heavy atom. The van der Waals surface area contributed by atoms with Crippen LogP contribution >= 0.6 is 27.5 Å². The Labute approximate surface area is 162 Å². The first kappa shape index (κ1) is 18.4. The Balaban J connectivity index is 1.56. The highest BCUT2D eigenvalue weighted by Gasteiger charge is 2.25. The Morgan fingerprint density at radius 3 is 2.80 bits per heavy atom. The van der Waals surface area contributed by atoms with Crippen molar-refractivity contribution in [3.63, 3.8) is 0 Å². The summed E-state index contributed by atoms with van der Waals surface area (Å²) in [5.74, 6) is 0.520. The number of benzene rings is 2. The van der Waals surface area contributed by atoms with Gasteiger partial charge in [-0.25, -0.2) is 0 Å². The van der Waals surface area contributed by atoms with E-state index >= 15 is 0 Å². The molecule has 0 radical (unpaired) electrons. The zero-order valence-electron chi connectivity index (χ0n) is 14.3. The molecule has 1 amide bonds. The summed E-state index contributed by atoms with van der Waals surface area (Å²) in [7, 11) is 1.87. The number of rotatable bonds is 5. The lowest BCUT2D eigenvalue weighted by atomic mass is 10.1. The van der Waals surface area contributed by atoms with E-state index in [1.165, 1.54) is 5.56 Å². The van der Waals surface area contributed by atoms with Crippen LogP contribution in [-0.4, -0.2) is 42.4 Å². The highest BCUT2D eigenvalue weighted by Crippen LogP contribution is 2.24. The molecule has 0 saturated carbocycles. The van der Waals surface area contributed by atoms with Crippen LogP contribution in [0.5, 0.6) is 0 Å². The first-order valence-corrected chi connectivity index (χ1v) is 9.67. The van der Waals surface area contributed by atoms with E-state index in [2.05, 4.69) is 45.1 Å². The molecular weight excluding hydrogens is 400 g/mol. The van der Waals surface area contributed by atoms with Crippen LogP contribution in [0.4, 0.5) is 0 Å². The van der Waals surface area contributed by atoms with E-state index in [1.807, 2.05) is 24.1 Å². The first-order valence-electron chi connectivity index (χ1n) is 8.49. The van der Waals surface area contributed by atoms with Crippen molar-refractivity contribution < 1.29 is 4.79 Å². The van der Waals surface area contributed by atoms with E-state index in [9.17, 15) is 4.79 Å². The molecule has 25 heavy (non-hydrogen) atoms. The Hall–Kier alpha value is -1.36. The van der Waals surface area contributed by atoms with Crippen LogP contribution in [0.1, 0.15) is 22.3 Å². The molecule has 0 unspecified atom stereocenters. The molecule has 0 bridgehead atoms. The van der Waals surface area contributed by atoms with Gasteiger partial charge in [-0.05, 0) is 58.6 Å². The number of likely N-dealkylation sites (tertiary alicyclic amines) is 1. The maximum atomic E-state index is 12.7. The smallest absolute Gasteiger partial charge is 0.254 e. The van der Waals surface area contributed by atoms with Crippen molar-refractivity contribution in [2.75, 3.05) is 26.7 Å². The molecule has 2 aromatic rings. The lowest BCUT2D eigenvalue weighted by Crippen LogP contribution is -2.33. The van der Waals surface area contributed by atoms with Crippen molar-refractivity contribution in [2.45, 2.75) is 13.0 Å². The van der Waals surface area contributed by atoms with Crippen molar-refractivity contribution >= 4 is 33.4 Å². The summed E-state index contributed by atoms with van der Waals surface area (Å²) in [6.07, 6.45) is 1.13. The summed E-state index contributed by atoms with van der Waals surface area (Å²) in [5.41, 5.74) is 1.96. The second-order valence-corrected chi connectivity index (χ2v) is 7.98. The summed E-state index contributed by atoms with van der Waals surface area (Å²) in [6, 6.07) is 15.9. The zero-order chi connectivity index (χ0) is 17.8. The van der Waals surface area contributed by atoms with Gasteiger partial charge in [0.15, 0.2) is 0 Å². The third kappa shape index (κ3) is 4.84. The van der Waals surface area contributed by atoms with Gasteiger partial charge in [0.2, 0.25) is 0 Å². The molecular formula is C20H22BrClN2O. The van der Waals surface area contributed by atoms with Crippen LogP contribution in [-0.2, 0) is 6.54 Å². The topological polar surface area (TPSA) is 23.6 Å². The lowest BCUT2D eigenvalue weighted by molar-refractivity contribution is 0.0772. The fraction of sp³-hybridized carbons (Fsp3) is 0.350. The molecule has 1 atom stereocenters. The number of hydrogen-bond donors (Lipinski definition) is 0. The van der Waals surface area contributed by atoms with Crippen LogP contribution in [0.2, 0.25) is 5.02 Å². The highest BCUT2D eigenvalue weighted by molar-refractivity contribution is 9.10. The van der Waals surface area contributed by atoms with Gasteiger partial charge in [-0.1, -0.05) is 41.9 Å². The number of hydrogen-bond acceptors (Lipinski definition) is 2. The fourth-order valence-electron chi connectivity index (χ4n) is 3.38. The number of carbonyl (C=O) groups excluding carboxylic acids is 1. The number of carbonyl (C=O) groups is 1. The molecule has 1 heterocycles. The molecule has 0 aromatic heterocycles. The molecule has 5 heteroatoms. The van der Waals surface area contributed by atoms with E-state index in [0.717, 1.165) is 37.1 Å². The molecule has 0 N–H and O–H groups in total. The van der Waals surface area contributed by atoms with Gasteiger partial charge in [0, 0.05) is 36.2 Å². The molecule has 1 aliphatic rings. The molecule has 1 aliphatic heterocycles. The van der Waals surface area contributed by atoms with Gasteiger partial charge in [0.1, 0.15) is 0 Å². The van der Waals surface area contributed by atoms with E-state index in [0.29, 0.717) is 16.5 Å². The number of halogens is 2. The zero-order valence-corrected chi connectivity index (χ0v) is 16.6. The molecule has 1 fully saturated rings. The molecule has 132 valence electrons. The average Bonchev–Trinajstić information content (AvgIpc) is 3.04. The van der Waals surface area contributed by atoms with Gasteiger partial charge >= 0.3 is 0 Å². The van der Waals surface area contributed by atoms with Gasteiger partial charge in [0.05, 0.1) is 5.56 Å². The number of amides is 1. The van der Waals surface area contributed by atoms with Crippen molar-refractivity contribution in [2.24, 2.45) is 5.92 Å². The maximum Gasteiger partial charge on any atom is 0.254 e. The van der Waals surface area contributed by atoms with Crippen LogP contribution < -0.4 is 0 Å². The third-order valence-corrected chi connectivity index (χ3v) is 5.58. The Kier molecular flexibility index (Phi) is 6.15. The SMILES string of the molecule is CN(C[C@@H]1CCN(Cc2ccccc2)C1)C(=O)c1cc(Cl)ccc1Br. The maximum absolute atomic E-state index is 12.7. The lowest BCUT2D eigenvalue weighted by Gasteiger charge is -2.22. The highest BCUT2D eigenvalue weighted by atomic mass is 79.9. The van der Waals surface area contributed by atoms with Gasteiger partial charge in [-0.15, -0.1) is 0 Å². The van der Waals surface area contributed by atoms with Gasteiger partial charge in [0.25, 0.3) is 5.91 Å². The molecule has 0 aliphatic carbocycles. The molecule has 3 nitrogen and oxygen atoms in total. The third-order valence-electron chi connectivity index (χ3n) is 4.66. The van der Waals surface area contributed by atoms with Crippen LogP contribution in [0.25, 0.3) is 0 Å². The molecule has 3 rings (SSSR count). The normalized spacial score (nSPS) is 17.6. The summed E-state index contributed by atoms with van der Waals surface area (Å²) in [5, 5.41) is 0.579. The fourth-order valence-corrected chi connectivity index (χ4v) is 3.97. The van der Waals surface area contributed by atoms with Gasteiger partial charge in [-0.2, -0.15) is 0 Å². The van der Waals surface area contributed by atoms with Crippen LogP contribution in [0, 0.1) is 5.92 Å². The minimum absolute atomic E-state index is 0.0101. The predicted octanol–water partition coefficient (Wildman–Crippen LogP) is 4.70. The second-order valence-electron chi connectivity index (χ2n) is 6.69. The first-order chi connectivity index (χ1) is 12.0. The number of nitrogens with zero attached hydrogens (tertiary/aromatic N) is 2. The minimum Gasteiger partial charge on any atom is -0.341 e. The van der Waals surface area contributed by atoms with Crippen molar-refractivity contribution in [3.05, 3.63) is 69.2 Å². The van der Waals surface area contributed by atoms with Gasteiger partial charge < -0.3 is 4.90 Å². The summed E-state index contributed by atoms with van der Waals surface area (Å²) >= 11 is 9.48. The monoisotopic (exact) mass is 420 g/mol. The van der Waals surface area contributed by atoms with E-state index in [1.54, 1.807) is 12.1 Å². The summed E-state index contributed by atoms with van der Waals surface area (Å²) < 4.78 is 0.783. The van der Waals surface area contributed by atoms with E-state index in [4.69, 9.17) is 11.6 Å². The van der Waals surface area contributed by atoms with E-state index < -0.39 is 0 Å². The van der Waals surface area contributed by atoms with E-state index in [-0.39, 0.29) is 5.91 Å². The molecule has 0 spiro atoms. The van der Waals surface area contributed by atoms with Crippen LogP contribution in [0.3, 0.4) is 0 Å². The standard InChI is InChI=1S/C20H22BrClN2O/c1-23(20(25)18-11-17(22)7-8-19(18)21)12-16-9-10-24(14-16)13-15-5-3-2-4-6-15/h2-8,11,16H,9-10,12-14H2,1H3/t16-/m0/s1. The second kappa shape index (κ2) is 8.35. The quantitative estimate of drug-likeness (QED) is 0.699. The molecule has 1 saturated heterocycles. The van der Waals surface area contributed by atoms with Crippen molar-refractivity contribution in [1.82, 2.24) is 9.80 Å². The summed E-state index contributed by atoms with van der Waals surface area (Å²) in [4.78, 5) is 17.0. The van der Waals surface area contributed by atoms with Crippen LogP contribution in [0.15, 0.2) is 53.0 Å². The predicted molar refractivity (Wildman–Crippen MR) is 106 cm³/mol.